The third-order valence-corrected chi connectivity index (χ3v) is 2.59. The zero-order valence-electron chi connectivity index (χ0n) is 12.7. The Hall–Kier alpha value is -1.78. The maximum Gasteiger partial charge on any atom is 0.347 e. The molecule has 0 saturated carbocycles. The van der Waals surface area contributed by atoms with Gasteiger partial charge in [0.1, 0.15) is 5.75 Å². The molecule has 1 rings (SSSR count). The Balaban J connectivity index is 3.12. The molecule has 0 N–H and O–H groups in total. The highest BCUT2D eigenvalue weighted by Crippen LogP contribution is 2.29. The van der Waals surface area contributed by atoms with Crippen LogP contribution in [-0.4, -0.2) is 30.8 Å². The fourth-order valence-corrected chi connectivity index (χ4v) is 1.69. The molecule has 0 radical (unpaired) electrons. The van der Waals surface area contributed by atoms with E-state index in [0.717, 1.165) is 18.5 Å². The molecule has 0 spiro atoms. The average molecular weight is 281 g/mol. The van der Waals surface area contributed by atoms with Crippen LogP contribution in [0.2, 0.25) is 0 Å². The molecule has 1 aromatic rings. The standard InChI is InChI=1S/C15H23NO4/c1-5-8-9-20-14-13(15(17)19-7-3)12(18-6-2)10-11(4)16-14/h10H,5-9H2,1-4H3. The van der Waals surface area contributed by atoms with Crippen molar-refractivity contribution >= 4 is 5.97 Å². The van der Waals surface area contributed by atoms with E-state index in [4.69, 9.17) is 14.2 Å². The van der Waals surface area contributed by atoms with Gasteiger partial charge in [-0.2, -0.15) is 0 Å². The van der Waals surface area contributed by atoms with Gasteiger partial charge in [0.15, 0.2) is 5.56 Å². The molecule has 20 heavy (non-hydrogen) atoms. The van der Waals surface area contributed by atoms with Crippen LogP contribution in [0.5, 0.6) is 11.6 Å². The highest BCUT2D eigenvalue weighted by Gasteiger charge is 2.22. The van der Waals surface area contributed by atoms with Crippen molar-refractivity contribution in [2.45, 2.75) is 40.5 Å². The van der Waals surface area contributed by atoms with Crippen LogP contribution in [0.4, 0.5) is 0 Å². The summed E-state index contributed by atoms with van der Waals surface area (Å²) in [6.07, 6.45) is 1.92. The first-order valence-corrected chi connectivity index (χ1v) is 7.08. The van der Waals surface area contributed by atoms with Crippen LogP contribution in [0, 0.1) is 6.92 Å². The number of rotatable bonds is 8. The Morgan fingerprint density at radius 1 is 1.20 bits per heavy atom. The van der Waals surface area contributed by atoms with Crippen LogP contribution in [-0.2, 0) is 4.74 Å². The lowest BCUT2D eigenvalue weighted by molar-refractivity contribution is 0.0515. The highest BCUT2D eigenvalue weighted by molar-refractivity contribution is 5.95. The smallest absolute Gasteiger partial charge is 0.347 e. The summed E-state index contributed by atoms with van der Waals surface area (Å²) >= 11 is 0. The molecule has 0 bridgehead atoms. The van der Waals surface area contributed by atoms with Gasteiger partial charge in [-0.25, -0.2) is 9.78 Å². The third-order valence-electron chi connectivity index (χ3n) is 2.59. The van der Waals surface area contributed by atoms with Crippen molar-refractivity contribution in [3.05, 3.63) is 17.3 Å². The van der Waals surface area contributed by atoms with Crippen LogP contribution in [0.25, 0.3) is 0 Å². The third kappa shape index (κ3) is 4.40. The number of nitrogens with zero attached hydrogens (tertiary/aromatic N) is 1. The second-order valence-electron chi connectivity index (χ2n) is 4.30. The molecule has 1 aromatic heterocycles. The number of unbranched alkanes of at least 4 members (excludes halogenated alkanes) is 1. The summed E-state index contributed by atoms with van der Waals surface area (Å²) in [4.78, 5) is 16.4. The first-order chi connectivity index (χ1) is 9.63. The van der Waals surface area contributed by atoms with Gasteiger partial charge in [0.25, 0.3) is 0 Å². The molecule has 1 heterocycles. The van der Waals surface area contributed by atoms with E-state index in [-0.39, 0.29) is 5.56 Å². The molecule has 112 valence electrons. The molecule has 0 aliphatic heterocycles. The second-order valence-corrected chi connectivity index (χ2v) is 4.30. The maximum absolute atomic E-state index is 12.1. The van der Waals surface area contributed by atoms with Gasteiger partial charge in [0, 0.05) is 11.8 Å². The SMILES string of the molecule is CCCCOc1nc(C)cc(OCC)c1C(=O)OCC. The number of carbonyl (C=O) groups excluding carboxylic acids is 1. The summed E-state index contributed by atoms with van der Waals surface area (Å²) in [5.74, 6) is 0.292. The van der Waals surface area contributed by atoms with E-state index in [1.54, 1.807) is 13.0 Å². The Kier molecular flexibility index (Phi) is 6.84. The maximum atomic E-state index is 12.1. The molecular weight excluding hydrogens is 258 g/mol. The second kappa shape index (κ2) is 8.40. The van der Waals surface area contributed by atoms with Crippen LogP contribution in [0.15, 0.2) is 6.07 Å². The first-order valence-electron chi connectivity index (χ1n) is 7.08. The molecule has 0 unspecified atom stereocenters. The predicted octanol–water partition coefficient (Wildman–Crippen LogP) is 3.14. The van der Waals surface area contributed by atoms with Crippen LogP contribution in [0.1, 0.15) is 49.7 Å². The van der Waals surface area contributed by atoms with Gasteiger partial charge in [-0.3, -0.25) is 0 Å². The minimum Gasteiger partial charge on any atom is -0.493 e. The highest BCUT2D eigenvalue weighted by atomic mass is 16.5. The van der Waals surface area contributed by atoms with E-state index in [1.165, 1.54) is 0 Å². The van der Waals surface area contributed by atoms with Gasteiger partial charge < -0.3 is 14.2 Å². The Labute approximate surface area is 120 Å². The molecule has 5 nitrogen and oxygen atoms in total. The van der Waals surface area contributed by atoms with Crippen molar-refractivity contribution in [2.75, 3.05) is 19.8 Å². The number of aromatic nitrogens is 1. The number of ether oxygens (including phenoxy) is 3. The molecule has 0 aliphatic rings. The Bertz CT molecular complexity index is 446. The minimum absolute atomic E-state index is 0.274. The molecule has 0 saturated heterocycles. The summed E-state index contributed by atoms with van der Waals surface area (Å²) in [6, 6.07) is 1.72. The van der Waals surface area contributed by atoms with Gasteiger partial charge in [0.05, 0.1) is 19.8 Å². The fraction of sp³-hybridized carbons (Fsp3) is 0.600. The molecule has 0 fully saturated rings. The number of hydrogen-bond donors (Lipinski definition) is 0. The normalized spacial score (nSPS) is 10.2. The topological polar surface area (TPSA) is 57.7 Å². The van der Waals surface area contributed by atoms with Crippen LogP contribution in [0.3, 0.4) is 0 Å². The zero-order chi connectivity index (χ0) is 15.0. The number of hydrogen-bond acceptors (Lipinski definition) is 5. The van der Waals surface area contributed by atoms with E-state index in [9.17, 15) is 4.79 Å². The lowest BCUT2D eigenvalue weighted by Crippen LogP contribution is -2.13. The van der Waals surface area contributed by atoms with Gasteiger partial charge >= 0.3 is 5.97 Å². The summed E-state index contributed by atoms with van der Waals surface area (Å²) in [5, 5.41) is 0. The molecule has 0 aliphatic carbocycles. The van der Waals surface area contributed by atoms with Crippen LogP contribution < -0.4 is 9.47 Å². The van der Waals surface area contributed by atoms with Crippen molar-refractivity contribution in [3.63, 3.8) is 0 Å². The van der Waals surface area contributed by atoms with E-state index >= 15 is 0 Å². The number of esters is 1. The number of pyridine rings is 1. The quantitative estimate of drug-likeness (QED) is 0.541. The van der Waals surface area contributed by atoms with E-state index in [0.29, 0.717) is 31.5 Å². The van der Waals surface area contributed by atoms with E-state index in [2.05, 4.69) is 11.9 Å². The van der Waals surface area contributed by atoms with Crippen molar-refractivity contribution in [1.82, 2.24) is 4.98 Å². The van der Waals surface area contributed by atoms with Crippen molar-refractivity contribution in [2.24, 2.45) is 0 Å². The van der Waals surface area contributed by atoms with Crippen molar-refractivity contribution in [3.8, 4) is 11.6 Å². The van der Waals surface area contributed by atoms with Crippen molar-refractivity contribution < 1.29 is 19.0 Å². The van der Waals surface area contributed by atoms with Gasteiger partial charge in [-0.05, 0) is 27.2 Å². The molecule has 0 atom stereocenters. The van der Waals surface area contributed by atoms with Gasteiger partial charge in [0.2, 0.25) is 5.88 Å². The largest absolute Gasteiger partial charge is 0.493 e. The first kappa shape index (κ1) is 16.3. The number of aryl methyl sites for hydroxylation is 1. The van der Waals surface area contributed by atoms with Gasteiger partial charge in [-0.15, -0.1) is 0 Å². The summed E-state index contributed by atoms with van der Waals surface area (Å²) in [6.45, 7) is 8.82. The fourth-order valence-electron chi connectivity index (χ4n) is 1.69. The summed E-state index contributed by atoms with van der Waals surface area (Å²) in [7, 11) is 0. The summed E-state index contributed by atoms with van der Waals surface area (Å²) in [5.41, 5.74) is 1.02. The Morgan fingerprint density at radius 2 is 1.95 bits per heavy atom. The molecular formula is C15H23NO4. The monoisotopic (exact) mass is 281 g/mol. The van der Waals surface area contributed by atoms with Crippen molar-refractivity contribution in [1.29, 1.82) is 0 Å². The van der Waals surface area contributed by atoms with E-state index < -0.39 is 5.97 Å². The lowest BCUT2D eigenvalue weighted by atomic mass is 10.2. The molecule has 0 aromatic carbocycles. The zero-order valence-corrected chi connectivity index (χ0v) is 12.7. The van der Waals surface area contributed by atoms with E-state index in [1.807, 2.05) is 13.8 Å². The number of carbonyl (C=O) groups is 1. The van der Waals surface area contributed by atoms with Crippen LogP contribution >= 0.6 is 0 Å². The summed E-state index contributed by atoms with van der Waals surface area (Å²) < 4.78 is 16.2. The van der Waals surface area contributed by atoms with Gasteiger partial charge in [-0.1, -0.05) is 13.3 Å². The Morgan fingerprint density at radius 3 is 2.55 bits per heavy atom. The lowest BCUT2D eigenvalue weighted by Gasteiger charge is -2.14. The average Bonchev–Trinajstić information content (AvgIpc) is 2.39. The molecule has 5 heteroatoms. The predicted molar refractivity (Wildman–Crippen MR) is 76.5 cm³/mol. The minimum atomic E-state index is -0.463. The molecule has 0 amide bonds.